The van der Waals surface area contributed by atoms with Gasteiger partial charge in [-0.3, -0.25) is 4.79 Å². The van der Waals surface area contributed by atoms with E-state index in [1.165, 1.54) is 0 Å². The Labute approximate surface area is 120 Å². The van der Waals surface area contributed by atoms with Gasteiger partial charge in [0.25, 0.3) is 0 Å². The van der Waals surface area contributed by atoms with E-state index in [0.717, 1.165) is 5.56 Å². The number of carbonyl (C=O) groups excluding carboxylic acids is 1. The van der Waals surface area contributed by atoms with Gasteiger partial charge in [0.15, 0.2) is 5.78 Å². The molecular formula is C15H14BrNO2. The zero-order chi connectivity index (χ0) is 14.0. The van der Waals surface area contributed by atoms with Crippen LogP contribution in [0.4, 0.5) is 5.69 Å². The van der Waals surface area contributed by atoms with Gasteiger partial charge in [0, 0.05) is 21.3 Å². The molecule has 0 aliphatic heterocycles. The third kappa shape index (κ3) is 2.79. The Morgan fingerprint density at radius 2 is 1.89 bits per heavy atom. The van der Waals surface area contributed by atoms with Gasteiger partial charge in [0.05, 0.1) is 7.11 Å². The monoisotopic (exact) mass is 319 g/mol. The minimum atomic E-state index is -0.0562. The molecule has 0 aliphatic carbocycles. The summed E-state index contributed by atoms with van der Waals surface area (Å²) >= 11 is 3.40. The van der Waals surface area contributed by atoms with Gasteiger partial charge in [-0.15, -0.1) is 0 Å². The van der Waals surface area contributed by atoms with Gasteiger partial charge in [-0.25, -0.2) is 0 Å². The van der Waals surface area contributed by atoms with Crippen LogP contribution in [0.25, 0.3) is 0 Å². The van der Waals surface area contributed by atoms with Crippen LogP contribution in [0, 0.1) is 6.92 Å². The highest BCUT2D eigenvalue weighted by Crippen LogP contribution is 2.26. The number of hydrogen-bond donors (Lipinski definition) is 1. The number of benzene rings is 2. The van der Waals surface area contributed by atoms with Gasteiger partial charge < -0.3 is 10.5 Å². The van der Waals surface area contributed by atoms with Crippen LogP contribution in [0.2, 0.25) is 0 Å². The molecule has 0 fully saturated rings. The molecule has 0 bridgehead atoms. The number of anilines is 1. The van der Waals surface area contributed by atoms with Gasteiger partial charge in [-0.2, -0.15) is 0 Å². The van der Waals surface area contributed by atoms with E-state index >= 15 is 0 Å². The van der Waals surface area contributed by atoms with Crippen molar-refractivity contribution < 1.29 is 9.53 Å². The Hall–Kier alpha value is -1.81. The summed E-state index contributed by atoms with van der Waals surface area (Å²) in [7, 11) is 1.59. The lowest BCUT2D eigenvalue weighted by molar-refractivity contribution is 0.103. The summed E-state index contributed by atoms with van der Waals surface area (Å²) in [6, 6.07) is 10.6. The van der Waals surface area contributed by atoms with Crippen LogP contribution in [-0.4, -0.2) is 12.9 Å². The Balaban J connectivity index is 2.47. The molecule has 3 nitrogen and oxygen atoms in total. The van der Waals surface area contributed by atoms with Gasteiger partial charge in [-0.05, 0) is 58.7 Å². The number of ether oxygens (including phenoxy) is 1. The second-order valence-electron chi connectivity index (χ2n) is 4.25. The summed E-state index contributed by atoms with van der Waals surface area (Å²) in [5.74, 6) is 0.645. The molecule has 2 aromatic carbocycles. The van der Waals surface area contributed by atoms with E-state index in [0.29, 0.717) is 27.0 Å². The van der Waals surface area contributed by atoms with E-state index in [1.807, 2.05) is 13.0 Å². The maximum absolute atomic E-state index is 12.5. The van der Waals surface area contributed by atoms with Crippen molar-refractivity contribution in [3.63, 3.8) is 0 Å². The second kappa shape index (κ2) is 5.45. The number of hydrogen-bond acceptors (Lipinski definition) is 3. The highest BCUT2D eigenvalue weighted by Gasteiger charge is 2.15. The third-order valence-electron chi connectivity index (χ3n) is 2.93. The number of halogens is 1. The predicted molar refractivity (Wildman–Crippen MR) is 79.7 cm³/mol. The fraction of sp³-hybridized carbons (Fsp3) is 0.133. The highest BCUT2D eigenvalue weighted by molar-refractivity contribution is 9.10. The zero-order valence-corrected chi connectivity index (χ0v) is 12.3. The van der Waals surface area contributed by atoms with Crippen LogP contribution in [0.15, 0.2) is 40.9 Å². The quantitative estimate of drug-likeness (QED) is 0.695. The van der Waals surface area contributed by atoms with Crippen molar-refractivity contribution in [3.8, 4) is 5.75 Å². The average molecular weight is 320 g/mol. The van der Waals surface area contributed by atoms with Crippen molar-refractivity contribution in [2.45, 2.75) is 6.92 Å². The van der Waals surface area contributed by atoms with Crippen LogP contribution in [0.5, 0.6) is 5.75 Å². The number of aryl methyl sites for hydroxylation is 1. The maximum Gasteiger partial charge on any atom is 0.194 e. The number of ketones is 1. The van der Waals surface area contributed by atoms with Crippen LogP contribution in [0.1, 0.15) is 21.5 Å². The Morgan fingerprint density at radius 1 is 1.16 bits per heavy atom. The molecule has 0 unspecified atom stereocenters. The van der Waals surface area contributed by atoms with E-state index in [2.05, 4.69) is 15.9 Å². The van der Waals surface area contributed by atoms with Crippen molar-refractivity contribution in [2.24, 2.45) is 0 Å². The fourth-order valence-corrected chi connectivity index (χ4v) is 2.37. The largest absolute Gasteiger partial charge is 0.497 e. The first-order valence-electron chi connectivity index (χ1n) is 5.77. The van der Waals surface area contributed by atoms with Crippen molar-refractivity contribution in [1.82, 2.24) is 0 Å². The average Bonchev–Trinajstić information content (AvgIpc) is 2.40. The molecule has 4 heteroatoms. The lowest BCUT2D eigenvalue weighted by Gasteiger charge is -2.09. The zero-order valence-electron chi connectivity index (χ0n) is 10.7. The predicted octanol–water partition coefficient (Wildman–Crippen LogP) is 3.58. The Morgan fingerprint density at radius 3 is 2.53 bits per heavy atom. The molecule has 98 valence electrons. The van der Waals surface area contributed by atoms with Gasteiger partial charge in [-0.1, -0.05) is 6.07 Å². The normalized spacial score (nSPS) is 10.3. The molecule has 0 saturated heterocycles. The molecule has 0 spiro atoms. The molecule has 0 radical (unpaired) electrons. The molecule has 2 rings (SSSR count). The molecule has 19 heavy (non-hydrogen) atoms. The Kier molecular flexibility index (Phi) is 3.90. The first-order chi connectivity index (χ1) is 9.02. The molecule has 2 N–H and O–H groups in total. The van der Waals surface area contributed by atoms with E-state index in [1.54, 1.807) is 37.4 Å². The van der Waals surface area contributed by atoms with Crippen LogP contribution in [0.3, 0.4) is 0 Å². The highest BCUT2D eigenvalue weighted by atomic mass is 79.9. The first-order valence-corrected chi connectivity index (χ1v) is 6.56. The molecule has 2 aromatic rings. The van der Waals surface area contributed by atoms with Crippen LogP contribution in [-0.2, 0) is 0 Å². The Bertz CT molecular complexity index is 638. The molecule has 0 saturated carbocycles. The van der Waals surface area contributed by atoms with Crippen molar-refractivity contribution in [1.29, 1.82) is 0 Å². The number of nitrogen functional groups attached to an aromatic ring is 1. The van der Waals surface area contributed by atoms with Crippen LogP contribution >= 0.6 is 15.9 Å². The maximum atomic E-state index is 12.5. The molecule has 0 amide bonds. The standard InChI is InChI=1S/C15H14BrNO2/c1-9-3-4-10(17)7-13(9)15(18)12-6-5-11(19-2)8-14(12)16/h3-8H,17H2,1-2H3. The van der Waals surface area contributed by atoms with Crippen LogP contribution < -0.4 is 10.5 Å². The summed E-state index contributed by atoms with van der Waals surface area (Å²) in [5, 5.41) is 0. The number of carbonyl (C=O) groups is 1. The van der Waals surface area contributed by atoms with E-state index in [-0.39, 0.29) is 5.78 Å². The number of methoxy groups -OCH3 is 1. The lowest BCUT2D eigenvalue weighted by atomic mass is 9.98. The van der Waals surface area contributed by atoms with Gasteiger partial charge in [0.1, 0.15) is 5.75 Å². The molecule has 0 aliphatic rings. The second-order valence-corrected chi connectivity index (χ2v) is 5.10. The molecule has 0 atom stereocenters. The van der Waals surface area contributed by atoms with Gasteiger partial charge >= 0.3 is 0 Å². The molecular weight excluding hydrogens is 306 g/mol. The number of nitrogens with two attached hydrogens (primary N) is 1. The topological polar surface area (TPSA) is 52.3 Å². The SMILES string of the molecule is COc1ccc(C(=O)c2cc(N)ccc2C)c(Br)c1. The minimum absolute atomic E-state index is 0.0562. The van der Waals surface area contributed by atoms with Crippen molar-refractivity contribution in [3.05, 3.63) is 57.6 Å². The van der Waals surface area contributed by atoms with E-state index < -0.39 is 0 Å². The number of rotatable bonds is 3. The summed E-state index contributed by atoms with van der Waals surface area (Å²) in [5.41, 5.74) is 8.44. The first kappa shape index (κ1) is 13.6. The van der Waals surface area contributed by atoms with Crippen molar-refractivity contribution in [2.75, 3.05) is 12.8 Å². The summed E-state index contributed by atoms with van der Waals surface area (Å²) in [6.45, 7) is 1.89. The van der Waals surface area contributed by atoms with Crippen molar-refractivity contribution >= 4 is 27.4 Å². The molecule has 0 heterocycles. The summed E-state index contributed by atoms with van der Waals surface area (Å²) in [4.78, 5) is 12.5. The minimum Gasteiger partial charge on any atom is -0.497 e. The summed E-state index contributed by atoms with van der Waals surface area (Å²) < 4.78 is 5.82. The smallest absolute Gasteiger partial charge is 0.194 e. The lowest BCUT2D eigenvalue weighted by Crippen LogP contribution is -2.05. The summed E-state index contributed by atoms with van der Waals surface area (Å²) in [6.07, 6.45) is 0. The van der Waals surface area contributed by atoms with Gasteiger partial charge in [0.2, 0.25) is 0 Å². The molecule has 0 aromatic heterocycles. The van der Waals surface area contributed by atoms with E-state index in [4.69, 9.17) is 10.5 Å². The van der Waals surface area contributed by atoms with E-state index in [9.17, 15) is 4.79 Å². The fourth-order valence-electron chi connectivity index (χ4n) is 1.84. The third-order valence-corrected chi connectivity index (χ3v) is 3.58.